The van der Waals surface area contributed by atoms with Crippen LogP contribution in [0.15, 0.2) is 18.2 Å². The van der Waals surface area contributed by atoms with Gasteiger partial charge < -0.3 is 10.1 Å². The minimum atomic E-state index is -0.0512. The second-order valence-electron chi connectivity index (χ2n) is 5.19. The highest BCUT2D eigenvalue weighted by molar-refractivity contribution is 5.77. The number of amides is 1. The molecule has 1 N–H and O–H groups in total. The number of unbranched alkanes of at least 4 members (excludes halogenated alkanes) is 1. The summed E-state index contributed by atoms with van der Waals surface area (Å²) in [6.45, 7) is 9.19. The van der Waals surface area contributed by atoms with Gasteiger partial charge in [-0.15, -0.1) is 0 Å². The van der Waals surface area contributed by atoms with Crippen molar-refractivity contribution >= 4 is 5.91 Å². The summed E-state index contributed by atoms with van der Waals surface area (Å²) in [4.78, 5) is 11.6. The summed E-state index contributed by atoms with van der Waals surface area (Å²) in [5.74, 6) is 1.16. The van der Waals surface area contributed by atoms with Crippen LogP contribution in [0.25, 0.3) is 0 Å². The van der Waals surface area contributed by atoms with Crippen molar-refractivity contribution < 1.29 is 9.53 Å². The van der Waals surface area contributed by atoms with Crippen LogP contribution in [-0.2, 0) is 4.79 Å². The summed E-state index contributed by atoms with van der Waals surface area (Å²) in [6, 6.07) is 6.14. The highest BCUT2D eigenvalue weighted by Gasteiger charge is 2.09. The fourth-order valence-corrected chi connectivity index (χ4v) is 1.84. The molecule has 0 aliphatic heterocycles. The number of carbonyl (C=O) groups excluding carboxylic acids is 1. The van der Waals surface area contributed by atoms with Crippen molar-refractivity contribution in [2.45, 2.75) is 46.5 Å². The van der Waals surface area contributed by atoms with Crippen LogP contribution in [0.4, 0.5) is 0 Å². The van der Waals surface area contributed by atoms with Crippen molar-refractivity contribution in [3.8, 4) is 5.75 Å². The van der Waals surface area contributed by atoms with E-state index >= 15 is 0 Å². The monoisotopic (exact) mass is 263 g/mol. The first-order valence-electron chi connectivity index (χ1n) is 7.04. The van der Waals surface area contributed by atoms with E-state index in [-0.39, 0.29) is 12.5 Å². The molecule has 0 spiro atoms. The Morgan fingerprint density at radius 1 is 1.37 bits per heavy atom. The van der Waals surface area contributed by atoms with Crippen molar-refractivity contribution in [2.75, 3.05) is 13.2 Å². The third-order valence-electron chi connectivity index (χ3n) is 3.00. The van der Waals surface area contributed by atoms with Crippen molar-refractivity contribution in [1.82, 2.24) is 5.32 Å². The highest BCUT2D eigenvalue weighted by Crippen LogP contribution is 2.27. The first-order chi connectivity index (χ1) is 9.04. The normalized spacial score (nSPS) is 10.6. The number of carbonyl (C=O) groups is 1. The van der Waals surface area contributed by atoms with E-state index in [0.29, 0.717) is 5.92 Å². The van der Waals surface area contributed by atoms with Gasteiger partial charge in [-0.1, -0.05) is 39.3 Å². The molecule has 0 radical (unpaired) electrons. The topological polar surface area (TPSA) is 38.3 Å². The maximum Gasteiger partial charge on any atom is 0.257 e. The third-order valence-corrected chi connectivity index (χ3v) is 3.00. The van der Waals surface area contributed by atoms with E-state index in [1.807, 2.05) is 13.0 Å². The van der Waals surface area contributed by atoms with Gasteiger partial charge in [-0.05, 0) is 36.5 Å². The van der Waals surface area contributed by atoms with E-state index in [4.69, 9.17) is 4.74 Å². The average molecular weight is 263 g/mol. The zero-order valence-corrected chi connectivity index (χ0v) is 12.5. The predicted octanol–water partition coefficient (Wildman–Crippen LogP) is 3.41. The molecule has 0 unspecified atom stereocenters. The Balaban J connectivity index is 2.56. The van der Waals surface area contributed by atoms with Gasteiger partial charge in [0.25, 0.3) is 5.91 Å². The minimum Gasteiger partial charge on any atom is -0.483 e. The molecule has 1 amide bonds. The summed E-state index contributed by atoms with van der Waals surface area (Å²) in [6.07, 6.45) is 2.09. The molecule has 0 aromatic heterocycles. The number of aryl methyl sites for hydroxylation is 1. The van der Waals surface area contributed by atoms with Crippen molar-refractivity contribution in [2.24, 2.45) is 0 Å². The van der Waals surface area contributed by atoms with Crippen LogP contribution in [0.3, 0.4) is 0 Å². The molecule has 19 heavy (non-hydrogen) atoms. The van der Waals surface area contributed by atoms with Gasteiger partial charge >= 0.3 is 0 Å². The molecule has 0 fully saturated rings. The number of hydrogen-bond acceptors (Lipinski definition) is 2. The standard InChI is InChI=1S/C16H25NO2/c1-5-6-9-17-16(18)11-19-15-10-13(4)7-8-14(15)12(2)3/h7-8,10,12H,5-6,9,11H2,1-4H3,(H,17,18). The summed E-state index contributed by atoms with van der Waals surface area (Å²) < 4.78 is 5.66. The zero-order valence-electron chi connectivity index (χ0n) is 12.5. The lowest BCUT2D eigenvalue weighted by Gasteiger charge is -2.14. The summed E-state index contributed by atoms with van der Waals surface area (Å²) in [5.41, 5.74) is 2.29. The van der Waals surface area contributed by atoms with Crippen LogP contribution in [0.2, 0.25) is 0 Å². The second-order valence-corrected chi connectivity index (χ2v) is 5.19. The van der Waals surface area contributed by atoms with Crippen LogP contribution < -0.4 is 10.1 Å². The molecule has 1 rings (SSSR count). The lowest BCUT2D eigenvalue weighted by Crippen LogP contribution is -2.29. The Bertz CT molecular complexity index is 413. The smallest absolute Gasteiger partial charge is 0.257 e. The molecule has 0 atom stereocenters. The molecule has 3 heteroatoms. The van der Waals surface area contributed by atoms with Crippen LogP contribution in [0.1, 0.15) is 50.7 Å². The maximum absolute atomic E-state index is 11.6. The molecule has 0 heterocycles. The summed E-state index contributed by atoms with van der Waals surface area (Å²) in [5, 5.41) is 2.85. The van der Waals surface area contributed by atoms with Crippen LogP contribution in [0, 0.1) is 6.92 Å². The lowest BCUT2D eigenvalue weighted by atomic mass is 10.0. The molecular weight excluding hydrogens is 238 g/mol. The van der Waals surface area contributed by atoms with Crippen molar-refractivity contribution in [3.63, 3.8) is 0 Å². The lowest BCUT2D eigenvalue weighted by molar-refractivity contribution is -0.123. The molecule has 0 saturated carbocycles. The van der Waals surface area contributed by atoms with E-state index < -0.39 is 0 Å². The molecule has 3 nitrogen and oxygen atoms in total. The SMILES string of the molecule is CCCCNC(=O)COc1cc(C)ccc1C(C)C. The maximum atomic E-state index is 11.6. The van der Waals surface area contributed by atoms with Crippen LogP contribution in [-0.4, -0.2) is 19.1 Å². The van der Waals surface area contributed by atoms with Crippen molar-refractivity contribution in [3.05, 3.63) is 29.3 Å². The largest absolute Gasteiger partial charge is 0.483 e. The van der Waals surface area contributed by atoms with E-state index in [2.05, 4.69) is 38.2 Å². The summed E-state index contributed by atoms with van der Waals surface area (Å²) >= 11 is 0. The molecule has 0 saturated heterocycles. The van der Waals surface area contributed by atoms with Gasteiger partial charge in [-0.2, -0.15) is 0 Å². The number of benzene rings is 1. The fraction of sp³-hybridized carbons (Fsp3) is 0.562. The molecule has 0 aliphatic carbocycles. The Morgan fingerprint density at radius 2 is 2.11 bits per heavy atom. The van der Waals surface area contributed by atoms with Gasteiger partial charge in [0.2, 0.25) is 0 Å². The van der Waals surface area contributed by atoms with Crippen LogP contribution in [0.5, 0.6) is 5.75 Å². The van der Waals surface area contributed by atoms with Crippen molar-refractivity contribution in [1.29, 1.82) is 0 Å². The first kappa shape index (κ1) is 15.5. The van der Waals surface area contributed by atoms with Gasteiger partial charge in [0.1, 0.15) is 5.75 Å². The Hall–Kier alpha value is -1.51. The quantitative estimate of drug-likeness (QED) is 0.766. The van der Waals surface area contributed by atoms with Crippen LogP contribution >= 0.6 is 0 Å². The van der Waals surface area contributed by atoms with E-state index in [0.717, 1.165) is 36.3 Å². The predicted molar refractivity (Wildman–Crippen MR) is 78.7 cm³/mol. The first-order valence-corrected chi connectivity index (χ1v) is 7.04. The van der Waals surface area contributed by atoms with E-state index in [1.165, 1.54) is 0 Å². The third kappa shape index (κ3) is 5.33. The van der Waals surface area contributed by atoms with Gasteiger partial charge in [0.15, 0.2) is 6.61 Å². The molecule has 106 valence electrons. The zero-order chi connectivity index (χ0) is 14.3. The number of hydrogen-bond donors (Lipinski definition) is 1. The van der Waals surface area contributed by atoms with Gasteiger partial charge in [-0.25, -0.2) is 0 Å². The number of ether oxygens (including phenoxy) is 1. The van der Waals surface area contributed by atoms with Gasteiger partial charge in [0.05, 0.1) is 0 Å². The Labute approximate surface area is 116 Å². The number of rotatable bonds is 7. The molecule has 1 aromatic rings. The second kappa shape index (κ2) is 7.82. The number of nitrogens with one attached hydrogen (secondary N) is 1. The molecule has 1 aromatic carbocycles. The molecule has 0 aliphatic rings. The van der Waals surface area contributed by atoms with Gasteiger partial charge in [-0.3, -0.25) is 4.79 Å². The van der Waals surface area contributed by atoms with Gasteiger partial charge in [0, 0.05) is 6.54 Å². The Kier molecular flexibility index (Phi) is 6.40. The Morgan fingerprint density at radius 3 is 2.74 bits per heavy atom. The fourth-order valence-electron chi connectivity index (χ4n) is 1.84. The minimum absolute atomic E-state index is 0.0512. The highest BCUT2D eigenvalue weighted by atomic mass is 16.5. The van der Waals surface area contributed by atoms with E-state index in [9.17, 15) is 4.79 Å². The van der Waals surface area contributed by atoms with E-state index in [1.54, 1.807) is 0 Å². The molecule has 0 bridgehead atoms. The molecular formula is C16H25NO2. The summed E-state index contributed by atoms with van der Waals surface area (Å²) in [7, 11) is 0. The average Bonchev–Trinajstić information content (AvgIpc) is 2.36.